The highest BCUT2D eigenvalue weighted by Crippen LogP contribution is 2.22. The zero-order valence-corrected chi connectivity index (χ0v) is 11.7. The highest BCUT2D eigenvalue weighted by Gasteiger charge is 2.13. The number of nitrogens with zero attached hydrogens (tertiary/aromatic N) is 1. The van der Waals surface area contributed by atoms with E-state index in [2.05, 4.69) is 31.1 Å². The number of pyridine rings is 1. The summed E-state index contributed by atoms with van der Waals surface area (Å²) in [6, 6.07) is 5.82. The summed E-state index contributed by atoms with van der Waals surface area (Å²) >= 11 is 1.65. The molecule has 17 heavy (non-hydrogen) atoms. The molecule has 1 aromatic heterocycles. The molecule has 0 aliphatic carbocycles. The minimum Gasteiger partial charge on any atom is -0.350 e. The maximum Gasteiger partial charge on any atom is 0.230 e. The minimum absolute atomic E-state index is 0.0632. The van der Waals surface area contributed by atoms with E-state index < -0.39 is 0 Å². The average Bonchev–Trinajstić information content (AvgIpc) is 2.23. The summed E-state index contributed by atoms with van der Waals surface area (Å²) in [7, 11) is 0. The molecule has 0 aliphatic rings. The van der Waals surface area contributed by atoms with Gasteiger partial charge in [-0.25, -0.2) is 0 Å². The van der Waals surface area contributed by atoms with E-state index in [1.807, 2.05) is 25.1 Å². The molecule has 0 aromatic carbocycles. The summed E-state index contributed by atoms with van der Waals surface area (Å²) in [4.78, 5) is 15.9. The molecule has 0 saturated heterocycles. The van der Waals surface area contributed by atoms with E-state index in [1.54, 1.807) is 11.8 Å². The van der Waals surface area contributed by atoms with Crippen LogP contribution in [0.5, 0.6) is 0 Å². The summed E-state index contributed by atoms with van der Waals surface area (Å²) in [6.07, 6.45) is 0. The summed E-state index contributed by atoms with van der Waals surface area (Å²) < 4.78 is 0.124. The van der Waals surface area contributed by atoms with Gasteiger partial charge in [0.15, 0.2) is 0 Å². The second kappa shape index (κ2) is 6.05. The normalized spacial score (nSPS) is 11.3. The highest BCUT2D eigenvalue weighted by molar-refractivity contribution is 8.01. The van der Waals surface area contributed by atoms with Crippen molar-refractivity contribution in [3.05, 3.63) is 29.6 Å². The van der Waals surface area contributed by atoms with Gasteiger partial charge in [0.1, 0.15) is 0 Å². The van der Waals surface area contributed by atoms with Crippen molar-refractivity contribution < 1.29 is 4.79 Å². The number of aryl methyl sites for hydroxylation is 1. The summed E-state index contributed by atoms with van der Waals surface area (Å²) in [5.74, 6) is 0.559. The van der Waals surface area contributed by atoms with Crippen LogP contribution in [0, 0.1) is 6.92 Å². The number of nitrogens with one attached hydrogen (secondary N) is 1. The fourth-order valence-electron chi connectivity index (χ4n) is 1.22. The Morgan fingerprint density at radius 2 is 2.12 bits per heavy atom. The standard InChI is InChI=1S/C13H20N2OS/c1-10-6-5-7-11(15-10)8-14-12(16)9-17-13(2,3)4/h5-7H,8-9H2,1-4H3,(H,14,16). The number of hydrogen-bond acceptors (Lipinski definition) is 3. The van der Waals surface area contributed by atoms with Crippen molar-refractivity contribution in [1.82, 2.24) is 10.3 Å². The molecule has 94 valence electrons. The smallest absolute Gasteiger partial charge is 0.230 e. The predicted octanol–water partition coefficient (Wildman–Crippen LogP) is 2.54. The average molecular weight is 252 g/mol. The van der Waals surface area contributed by atoms with Gasteiger partial charge in [0, 0.05) is 10.4 Å². The van der Waals surface area contributed by atoms with Crippen LogP contribution in [0.2, 0.25) is 0 Å². The molecular weight excluding hydrogens is 232 g/mol. The van der Waals surface area contributed by atoms with Gasteiger partial charge in [0.05, 0.1) is 18.0 Å². The van der Waals surface area contributed by atoms with E-state index in [9.17, 15) is 4.79 Å². The van der Waals surface area contributed by atoms with Crippen LogP contribution in [0.1, 0.15) is 32.2 Å². The summed E-state index contributed by atoms with van der Waals surface area (Å²) in [6.45, 7) is 8.76. The Labute approximate surface area is 107 Å². The Hall–Kier alpha value is -1.03. The number of carbonyl (C=O) groups is 1. The largest absolute Gasteiger partial charge is 0.350 e. The number of hydrogen-bond donors (Lipinski definition) is 1. The van der Waals surface area contributed by atoms with Gasteiger partial charge < -0.3 is 5.32 Å². The first-order valence-corrected chi connectivity index (χ1v) is 6.68. The van der Waals surface area contributed by atoms with Crippen LogP contribution < -0.4 is 5.32 Å². The molecule has 1 N–H and O–H groups in total. The van der Waals surface area contributed by atoms with Gasteiger partial charge in [-0.05, 0) is 19.1 Å². The van der Waals surface area contributed by atoms with Crippen molar-refractivity contribution >= 4 is 17.7 Å². The van der Waals surface area contributed by atoms with Crippen molar-refractivity contribution in [2.75, 3.05) is 5.75 Å². The van der Waals surface area contributed by atoms with Crippen LogP contribution in [0.25, 0.3) is 0 Å². The second-order valence-corrected chi connectivity index (χ2v) is 6.75. The van der Waals surface area contributed by atoms with Crippen molar-refractivity contribution in [3.8, 4) is 0 Å². The number of rotatable bonds is 4. The molecular formula is C13H20N2OS. The summed E-state index contributed by atoms with van der Waals surface area (Å²) in [5.41, 5.74) is 1.87. The Balaban J connectivity index is 2.33. The number of amides is 1. The van der Waals surface area contributed by atoms with Crippen molar-refractivity contribution in [2.45, 2.75) is 39.0 Å². The van der Waals surface area contributed by atoms with Gasteiger partial charge in [-0.15, -0.1) is 11.8 Å². The Morgan fingerprint density at radius 1 is 1.41 bits per heavy atom. The fourth-order valence-corrected chi connectivity index (χ4v) is 1.89. The molecule has 0 radical (unpaired) electrons. The highest BCUT2D eigenvalue weighted by atomic mass is 32.2. The topological polar surface area (TPSA) is 42.0 Å². The molecule has 0 atom stereocenters. The zero-order chi connectivity index (χ0) is 12.9. The quantitative estimate of drug-likeness (QED) is 0.895. The van der Waals surface area contributed by atoms with E-state index >= 15 is 0 Å². The zero-order valence-electron chi connectivity index (χ0n) is 10.9. The molecule has 0 fully saturated rings. The summed E-state index contributed by atoms with van der Waals surface area (Å²) in [5, 5.41) is 2.88. The Kier molecular flexibility index (Phi) is 5.00. The molecule has 3 nitrogen and oxygen atoms in total. The molecule has 0 aliphatic heterocycles. The lowest BCUT2D eigenvalue weighted by molar-refractivity contribution is -0.118. The van der Waals surface area contributed by atoms with Crippen LogP contribution in [-0.4, -0.2) is 21.4 Å². The predicted molar refractivity (Wildman–Crippen MR) is 73.0 cm³/mol. The Morgan fingerprint density at radius 3 is 2.71 bits per heavy atom. The third-order valence-corrected chi connectivity index (χ3v) is 3.32. The van der Waals surface area contributed by atoms with Crippen LogP contribution in [0.4, 0.5) is 0 Å². The van der Waals surface area contributed by atoms with Crippen molar-refractivity contribution in [3.63, 3.8) is 0 Å². The van der Waals surface area contributed by atoms with Gasteiger partial charge in [-0.2, -0.15) is 0 Å². The first-order valence-electron chi connectivity index (χ1n) is 5.70. The maximum atomic E-state index is 11.6. The van der Waals surface area contributed by atoms with Crippen LogP contribution >= 0.6 is 11.8 Å². The molecule has 0 unspecified atom stereocenters. The molecule has 4 heteroatoms. The third-order valence-electron chi connectivity index (χ3n) is 2.05. The van der Waals surface area contributed by atoms with Gasteiger partial charge in [0.2, 0.25) is 5.91 Å². The fraction of sp³-hybridized carbons (Fsp3) is 0.538. The lowest BCUT2D eigenvalue weighted by Gasteiger charge is -2.16. The lowest BCUT2D eigenvalue weighted by Crippen LogP contribution is -2.27. The molecule has 1 amide bonds. The van der Waals surface area contributed by atoms with E-state index in [4.69, 9.17) is 0 Å². The van der Waals surface area contributed by atoms with E-state index in [1.165, 1.54) is 0 Å². The van der Waals surface area contributed by atoms with Gasteiger partial charge in [-0.1, -0.05) is 26.8 Å². The first kappa shape index (κ1) is 14.0. The second-order valence-electron chi connectivity index (χ2n) is 4.95. The lowest BCUT2D eigenvalue weighted by atomic mass is 10.3. The van der Waals surface area contributed by atoms with Gasteiger partial charge in [0.25, 0.3) is 0 Å². The van der Waals surface area contributed by atoms with Crippen molar-refractivity contribution in [2.24, 2.45) is 0 Å². The molecule has 1 rings (SSSR count). The van der Waals surface area contributed by atoms with Gasteiger partial charge in [-0.3, -0.25) is 9.78 Å². The molecule has 1 aromatic rings. The molecule has 0 spiro atoms. The minimum atomic E-state index is 0.0632. The SMILES string of the molecule is Cc1cccc(CNC(=O)CSC(C)(C)C)n1. The van der Waals surface area contributed by atoms with E-state index in [-0.39, 0.29) is 10.7 Å². The van der Waals surface area contributed by atoms with Crippen LogP contribution in [0.15, 0.2) is 18.2 Å². The molecule has 0 bridgehead atoms. The van der Waals surface area contributed by atoms with E-state index in [0.717, 1.165) is 11.4 Å². The Bertz CT molecular complexity index is 385. The van der Waals surface area contributed by atoms with Gasteiger partial charge >= 0.3 is 0 Å². The van der Waals surface area contributed by atoms with E-state index in [0.29, 0.717) is 12.3 Å². The number of thioether (sulfide) groups is 1. The maximum absolute atomic E-state index is 11.6. The van der Waals surface area contributed by atoms with Crippen LogP contribution in [0.3, 0.4) is 0 Å². The number of carbonyl (C=O) groups excluding carboxylic acids is 1. The molecule has 1 heterocycles. The monoisotopic (exact) mass is 252 g/mol. The van der Waals surface area contributed by atoms with Crippen LogP contribution in [-0.2, 0) is 11.3 Å². The number of aromatic nitrogens is 1. The first-order chi connectivity index (χ1) is 7.87. The molecule has 0 saturated carbocycles. The third kappa shape index (κ3) is 6.31. The van der Waals surface area contributed by atoms with Crippen molar-refractivity contribution in [1.29, 1.82) is 0 Å².